The van der Waals surface area contributed by atoms with Crippen LogP contribution in [-0.2, 0) is 16.4 Å². The third-order valence-corrected chi connectivity index (χ3v) is 8.71. The van der Waals surface area contributed by atoms with Crippen molar-refractivity contribution in [2.24, 2.45) is 0 Å². The molecule has 1 fully saturated rings. The zero-order valence-corrected chi connectivity index (χ0v) is 18.1. The van der Waals surface area contributed by atoms with Gasteiger partial charge in [-0.2, -0.15) is 0 Å². The molecule has 6 nitrogen and oxygen atoms in total. The van der Waals surface area contributed by atoms with Crippen LogP contribution in [0.25, 0.3) is 21.1 Å². The van der Waals surface area contributed by atoms with Crippen molar-refractivity contribution >= 4 is 42.4 Å². The van der Waals surface area contributed by atoms with Crippen LogP contribution in [0, 0.1) is 0 Å². The number of likely N-dealkylation sites (tertiary alicyclic amines) is 1. The van der Waals surface area contributed by atoms with E-state index >= 15 is 0 Å². The van der Waals surface area contributed by atoms with E-state index in [0.717, 1.165) is 65.6 Å². The average Bonchev–Trinajstić information content (AvgIpc) is 3.46. The van der Waals surface area contributed by atoms with E-state index in [0.29, 0.717) is 4.21 Å². The molecule has 4 aromatic rings. The summed E-state index contributed by atoms with van der Waals surface area (Å²) in [7, 11) is -3.49. The quantitative estimate of drug-likeness (QED) is 0.469. The summed E-state index contributed by atoms with van der Waals surface area (Å²) in [6.45, 7) is 2.56. The number of nitrogens with one attached hydrogen (secondary N) is 1. The molecule has 8 heteroatoms. The van der Waals surface area contributed by atoms with Gasteiger partial charge in [-0.05, 0) is 62.0 Å². The molecular weight excluding hydrogens is 418 g/mol. The van der Waals surface area contributed by atoms with Crippen LogP contribution in [0.5, 0.6) is 0 Å². The third-order valence-electron chi connectivity index (χ3n) is 5.60. The number of para-hydroxylation sites is 1. The Morgan fingerprint density at radius 2 is 2.00 bits per heavy atom. The Bertz CT molecular complexity index is 1250. The van der Waals surface area contributed by atoms with Crippen molar-refractivity contribution in [2.45, 2.75) is 29.5 Å². The number of sulfonamides is 1. The summed E-state index contributed by atoms with van der Waals surface area (Å²) >= 11 is 1.32. The summed E-state index contributed by atoms with van der Waals surface area (Å²) in [6.07, 6.45) is 2.65. The van der Waals surface area contributed by atoms with Crippen LogP contribution in [0.15, 0.2) is 63.3 Å². The van der Waals surface area contributed by atoms with Gasteiger partial charge < -0.3 is 9.42 Å². The molecule has 0 radical (unpaired) electrons. The van der Waals surface area contributed by atoms with Gasteiger partial charge in [-0.1, -0.05) is 35.5 Å². The van der Waals surface area contributed by atoms with Crippen LogP contribution < -0.4 is 4.72 Å². The van der Waals surface area contributed by atoms with Crippen LogP contribution in [-0.4, -0.2) is 44.2 Å². The van der Waals surface area contributed by atoms with Crippen molar-refractivity contribution in [2.75, 3.05) is 19.6 Å². The maximum absolute atomic E-state index is 12.8. The van der Waals surface area contributed by atoms with Crippen molar-refractivity contribution in [3.63, 3.8) is 0 Å². The minimum absolute atomic E-state index is 0.0481. The maximum atomic E-state index is 12.8. The Labute approximate surface area is 179 Å². The fourth-order valence-corrected chi connectivity index (χ4v) is 6.76. The summed E-state index contributed by atoms with van der Waals surface area (Å²) in [4.78, 5) is 2.32. The highest BCUT2D eigenvalue weighted by molar-refractivity contribution is 7.91. The Morgan fingerprint density at radius 1 is 1.17 bits per heavy atom. The lowest BCUT2D eigenvalue weighted by Gasteiger charge is -2.16. The van der Waals surface area contributed by atoms with Gasteiger partial charge in [0.05, 0.1) is 5.69 Å². The van der Waals surface area contributed by atoms with Gasteiger partial charge in [-0.15, -0.1) is 11.3 Å². The van der Waals surface area contributed by atoms with Crippen LogP contribution >= 0.6 is 11.3 Å². The predicted molar refractivity (Wildman–Crippen MR) is 119 cm³/mol. The van der Waals surface area contributed by atoms with Gasteiger partial charge in [-0.25, -0.2) is 13.1 Å². The first kappa shape index (κ1) is 19.7. The molecule has 0 bridgehead atoms. The number of hydrogen-bond acceptors (Lipinski definition) is 6. The zero-order chi connectivity index (χ0) is 20.6. The standard InChI is InChI=1S/C22H23N3O3S2/c26-30(27,22-14-16-6-1-4-10-21(16)29-22)24-17-11-13-25(15-17)12-5-8-19-18-7-2-3-9-20(18)28-23-19/h1-4,6-7,9-10,14,17,24H,5,8,11-13,15H2/t17-/m1/s1. The van der Waals surface area contributed by atoms with Crippen LogP contribution in [0.1, 0.15) is 18.5 Å². The number of thiophene rings is 1. The van der Waals surface area contributed by atoms with Crippen molar-refractivity contribution in [1.29, 1.82) is 0 Å². The fraction of sp³-hybridized carbons (Fsp3) is 0.318. The van der Waals surface area contributed by atoms with E-state index in [4.69, 9.17) is 4.52 Å². The molecule has 1 N–H and O–H groups in total. The van der Waals surface area contributed by atoms with Crippen molar-refractivity contribution in [1.82, 2.24) is 14.8 Å². The minimum atomic E-state index is -3.49. The third kappa shape index (κ3) is 4.00. The van der Waals surface area contributed by atoms with Gasteiger partial charge in [0.2, 0.25) is 10.0 Å². The molecular formula is C22H23N3O3S2. The largest absolute Gasteiger partial charge is 0.356 e. The lowest BCUT2D eigenvalue weighted by Crippen LogP contribution is -2.36. The lowest BCUT2D eigenvalue weighted by molar-refractivity contribution is 0.326. The molecule has 2 aromatic heterocycles. The van der Waals surface area contributed by atoms with Gasteiger partial charge in [0, 0.05) is 22.7 Å². The number of rotatable bonds is 7. The van der Waals surface area contributed by atoms with Gasteiger partial charge in [-0.3, -0.25) is 0 Å². The monoisotopic (exact) mass is 441 g/mol. The molecule has 0 aliphatic carbocycles. The van der Waals surface area contributed by atoms with E-state index in [-0.39, 0.29) is 6.04 Å². The Morgan fingerprint density at radius 3 is 2.90 bits per heavy atom. The summed E-state index contributed by atoms with van der Waals surface area (Å²) in [6, 6.07) is 17.4. The Kier molecular flexibility index (Phi) is 5.32. The highest BCUT2D eigenvalue weighted by atomic mass is 32.2. The van der Waals surface area contributed by atoms with Crippen LogP contribution in [0.3, 0.4) is 0 Å². The number of benzene rings is 2. The van der Waals surface area contributed by atoms with E-state index in [1.165, 1.54) is 11.3 Å². The zero-order valence-electron chi connectivity index (χ0n) is 16.5. The van der Waals surface area contributed by atoms with Crippen LogP contribution in [0.2, 0.25) is 0 Å². The molecule has 0 spiro atoms. The number of aryl methyl sites for hydroxylation is 1. The molecule has 0 saturated carbocycles. The summed E-state index contributed by atoms with van der Waals surface area (Å²) in [5.74, 6) is 0. The van der Waals surface area contributed by atoms with E-state index in [1.807, 2.05) is 48.5 Å². The Balaban J connectivity index is 1.16. The van der Waals surface area contributed by atoms with Gasteiger partial charge >= 0.3 is 0 Å². The molecule has 2 aromatic carbocycles. The molecule has 1 aliphatic heterocycles. The van der Waals surface area contributed by atoms with E-state index in [2.05, 4.69) is 14.8 Å². The van der Waals surface area contributed by atoms with E-state index < -0.39 is 10.0 Å². The SMILES string of the molecule is O=S(=O)(N[C@@H]1CCN(CCCc2noc3ccccc23)C1)c1cc2ccccc2s1. The van der Waals surface area contributed by atoms with Crippen LogP contribution in [0.4, 0.5) is 0 Å². The van der Waals surface area contributed by atoms with Crippen molar-refractivity contribution in [3.8, 4) is 0 Å². The van der Waals surface area contributed by atoms with E-state index in [9.17, 15) is 8.42 Å². The van der Waals surface area contributed by atoms with Gasteiger partial charge in [0.15, 0.2) is 5.58 Å². The normalized spacial score (nSPS) is 17.9. The highest BCUT2D eigenvalue weighted by Gasteiger charge is 2.28. The molecule has 0 amide bonds. The topological polar surface area (TPSA) is 75.4 Å². The molecule has 0 unspecified atom stereocenters. The van der Waals surface area contributed by atoms with Crippen molar-refractivity contribution in [3.05, 3.63) is 60.3 Å². The summed E-state index contributed by atoms with van der Waals surface area (Å²) in [5.41, 5.74) is 1.82. The predicted octanol–water partition coefficient (Wildman–Crippen LogP) is 4.03. The molecule has 1 saturated heterocycles. The molecule has 3 heterocycles. The maximum Gasteiger partial charge on any atom is 0.250 e. The fourth-order valence-electron chi connectivity index (χ4n) is 4.09. The molecule has 1 atom stereocenters. The summed E-state index contributed by atoms with van der Waals surface area (Å²) < 4.78 is 35.3. The molecule has 5 rings (SSSR count). The first-order valence-corrected chi connectivity index (χ1v) is 12.4. The second-order valence-corrected chi connectivity index (χ2v) is 10.8. The molecule has 156 valence electrons. The first-order chi connectivity index (χ1) is 14.6. The summed E-state index contributed by atoms with van der Waals surface area (Å²) in [5, 5.41) is 6.24. The number of fused-ring (bicyclic) bond motifs is 2. The smallest absolute Gasteiger partial charge is 0.250 e. The Hall–Kier alpha value is -2.26. The molecule has 30 heavy (non-hydrogen) atoms. The average molecular weight is 442 g/mol. The number of nitrogens with zero attached hydrogens (tertiary/aromatic N) is 2. The second-order valence-electron chi connectivity index (χ2n) is 7.74. The van der Waals surface area contributed by atoms with Crippen molar-refractivity contribution < 1.29 is 12.9 Å². The first-order valence-electron chi connectivity index (χ1n) is 10.1. The van der Waals surface area contributed by atoms with E-state index in [1.54, 1.807) is 6.07 Å². The minimum Gasteiger partial charge on any atom is -0.356 e. The number of hydrogen-bond donors (Lipinski definition) is 1. The second kappa shape index (κ2) is 8.11. The highest BCUT2D eigenvalue weighted by Crippen LogP contribution is 2.29. The van der Waals surface area contributed by atoms with Gasteiger partial charge in [0.25, 0.3) is 0 Å². The lowest BCUT2D eigenvalue weighted by atomic mass is 10.1. The number of aromatic nitrogens is 1. The van der Waals surface area contributed by atoms with Gasteiger partial charge in [0.1, 0.15) is 4.21 Å². The molecule has 1 aliphatic rings.